The second kappa shape index (κ2) is 6.97. The fourth-order valence-electron chi connectivity index (χ4n) is 2.37. The molecule has 0 bridgehead atoms. The molecule has 0 unspecified atom stereocenters. The maximum absolute atomic E-state index is 12.3. The number of hydrogen-bond acceptors (Lipinski definition) is 3. The van der Waals surface area contributed by atoms with Crippen molar-refractivity contribution in [3.8, 4) is 0 Å². The van der Waals surface area contributed by atoms with E-state index in [1.54, 1.807) is 11.3 Å². The summed E-state index contributed by atoms with van der Waals surface area (Å²) in [6.45, 7) is 13.9. The second-order valence-corrected chi connectivity index (χ2v) is 7.81. The number of amides is 1. The number of aryl methyl sites for hydroxylation is 2. The molecule has 5 heteroatoms. The molecule has 23 heavy (non-hydrogen) atoms. The molecule has 0 saturated carbocycles. The van der Waals surface area contributed by atoms with Crippen molar-refractivity contribution in [2.45, 2.75) is 48.1 Å². The molecule has 1 amide bonds. The van der Waals surface area contributed by atoms with Gasteiger partial charge in [-0.3, -0.25) is 4.79 Å². The van der Waals surface area contributed by atoms with E-state index in [9.17, 15) is 4.79 Å². The second-order valence-electron chi connectivity index (χ2n) is 6.83. The Morgan fingerprint density at radius 1 is 1.30 bits per heavy atom. The van der Waals surface area contributed by atoms with Gasteiger partial charge in [0, 0.05) is 18.6 Å². The van der Waals surface area contributed by atoms with Crippen molar-refractivity contribution in [2.24, 2.45) is 10.4 Å². The third kappa shape index (κ3) is 4.09. The lowest BCUT2D eigenvalue weighted by atomic mass is 9.96. The number of carbonyl (C=O) groups excluding carboxylic acids is 1. The molecule has 0 aliphatic carbocycles. The number of carbonyl (C=O) groups is 1. The van der Waals surface area contributed by atoms with Gasteiger partial charge in [0.2, 0.25) is 0 Å². The molecule has 1 aromatic carbocycles. The summed E-state index contributed by atoms with van der Waals surface area (Å²) in [5, 5.41) is 0. The highest BCUT2D eigenvalue weighted by Gasteiger charge is 2.21. The zero-order valence-electron chi connectivity index (χ0n) is 14.9. The van der Waals surface area contributed by atoms with Crippen molar-refractivity contribution < 1.29 is 9.53 Å². The van der Waals surface area contributed by atoms with Crippen molar-refractivity contribution in [1.82, 2.24) is 4.57 Å². The largest absolute Gasteiger partial charge is 0.380 e. The normalized spacial score (nSPS) is 13.0. The molecule has 2 rings (SSSR count). The van der Waals surface area contributed by atoms with Crippen LogP contribution >= 0.6 is 11.3 Å². The van der Waals surface area contributed by atoms with Crippen LogP contribution in [0, 0.1) is 19.3 Å². The minimum Gasteiger partial charge on any atom is -0.380 e. The zero-order valence-corrected chi connectivity index (χ0v) is 15.7. The Labute approximate surface area is 141 Å². The SMILES string of the molecule is CCOCCn1c(=NC(=O)C(C)(C)C)sc2c(C)cc(C)cc21. The summed E-state index contributed by atoms with van der Waals surface area (Å²) in [6, 6.07) is 4.33. The number of hydrogen-bond donors (Lipinski definition) is 0. The number of benzene rings is 1. The van der Waals surface area contributed by atoms with Gasteiger partial charge in [0.15, 0.2) is 4.80 Å². The van der Waals surface area contributed by atoms with Gasteiger partial charge in [0.1, 0.15) is 0 Å². The average Bonchev–Trinajstić information content (AvgIpc) is 2.77. The van der Waals surface area contributed by atoms with Crippen LogP contribution in [0.4, 0.5) is 0 Å². The summed E-state index contributed by atoms with van der Waals surface area (Å²) < 4.78 is 8.80. The monoisotopic (exact) mass is 334 g/mol. The van der Waals surface area contributed by atoms with Crippen LogP contribution < -0.4 is 4.80 Å². The van der Waals surface area contributed by atoms with Gasteiger partial charge < -0.3 is 9.30 Å². The molecule has 0 fully saturated rings. The molecular weight excluding hydrogens is 308 g/mol. The highest BCUT2D eigenvalue weighted by Crippen LogP contribution is 2.24. The molecule has 0 atom stereocenters. The zero-order chi connectivity index (χ0) is 17.2. The Bertz CT molecular complexity index is 779. The molecule has 0 saturated heterocycles. The van der Waals surface area contributed by atoms with Crippen LogP contribution in [-0.4, -0.2) is 23.7 Å². The number of fused-ring (bicyclic) bond motifs is 1. The molecule has 126 valence electrons. The molecule has 1 heterocycles. The molecule has 1 aromatic heterocycles. The Morgan fingerprint density at radius 3 is 2.61 bits per heavy atom. The van der Waals surface area contributed by atoms with E-state index in [0.29, 0.717) is 19.8 Å². The molecule has 0 spiro atoms. The fraction of sp³-hybridized carbons (Fsp3) is 0.556. The first-order valence-electron chi connectivity index (χ1n) is 8.01. The minimum absolute atomic E-state index is 0.0939. The summed E-state index contributed by atoms with van der Waals surface area (Å²) in [4.78, 5) is 17.5. The highest BCUT2D eigenvalue weighted by atomic mass is 32.1. The van der Waals surface area contributed by atoms with E-state index >= 15 is 0 Å². The van der Waals surface area contributed by atoms with Crippen molar-refractivity contribution in [1.29, 1.82) is 0 Å². The first-order chi connectivity index (χ1) is 10.7. The van der Waals surface area contributed by atoms with Crippen LogP contribution in [0.2, 0.25) is 0 Å². The quantitative estimate of drug-likeness (QED) is 0.798. The lowest BCUT2D eigenvalue weighted by Crippen LogP contribution is -2.24. The van der Waals surface area contributed by atoms with Crippen LogP contribution in [-0.2, 0) is 16.1 Å². The van der Waals surface area contributed by atoms with E-state index in [1.807, 2.05) is 27.7 Å². The van der Waals surface area contributed by atoms with Gasteiger partial charge in [-0.15, -0.1) is 0 Å². The van der Waals surface area contributed by atoms with E-state index in [-0.39, 0.29) is 5.91 Å². The molecule has 0 radical (unpaired) electrons. The highest BCUT2D eigenvalue weighted by molar-refractivity contribution is 7.16. The average molecular weight is 334 g/mol. The number of rotatable bonds is 4. The maximum atomic E-state index is 12.3. The number of nitrogens with zero attached hydrogens (tertiary/aromatic N) is 2. The van der Waals surface area contributed by atoms with Crippen molar-refractivity contribution in [2.75, 3.05) is 13.2 Å². The third-order valence-corrected chi connectivity index (χ3v) is 4.85. The first-order valence-corrected chi connectivity index (χ1v) is 8.83. The van der Waals surface area contributed by atoms with Crippen molar-refractivity contribution in [3.05, 3.63) is 28.1 Å². The van der Waals surface area contributed by atoms with Crippen LogP contribution in [0.15, 0.2) is 17.1 Å². The predicted molar refractivity (Wildman–Crippen MR) is 95.8 cm³/mol. The fourth-order valence-corrected chi connectivity index (χ4v) is 3.47. The van der Waals surface area contributed by atoms with Gasteiger partial charge >= 0.3 is 0 Å². The van der Waals surface area contributed by atoms with Crippen molar-refractivity contribution >= 4 is 27.5 Å². The first kappa shape index (κ1) is 17.9. The molecule has 2 aromatic rings. The third-order valence-electron chi connectivity index (χ3n) is 3.62. The van der Waals surface area contributed by atoms with Crippen LogP contribution in [0.1, 0.15) is 38.8 Å². The number of thiazole rings is 1. The molecule has 0 aliphatic heterocycles. The summed E-state index contributed by atoms with van der Waals surface area (Å²) in [6.07, 6.45) is 0. The lowest BCUT2D eigenvalue weighted by Gasteiger charge is -2.12. The van der Waals surface area contributed by atoms with Crippen molar-refractivity contribution in [3.63, 3.8) is 0 Å². The van der Waals surface area contributed by atoms with E-state index in [0.717, 1.165) is 10.3 Å². The minimum atomic E-state index is -0.473. The molecule has 0 aliphatic rings. The maximum Gasteiger partial charge on any atom is 0.253 e. The summed E-state index contributed by atoms with van der Waals surface area (Å²) in [5.41, 5.74) is 3.10. The van der Waals surface area contributed by atoms with Gasteiger partial charge in [-0.1, -0.05) is 38.2 Å². The summed E-state index contributed by atoms with van der Waals surface area (Å²) in [5.74, 6) is -0.0939. The van der Waals surface area contributed by atoms with Crippen LogP contribution in [0.3, 0.4) is 0 Å². The summed E-state index contributed by atoms with van der Waals surface area (Å²) in [7, 11) is 0. The van der Waals surface area contributed by atoms with Gasteiger partial charge in [0.05, 0.1) is 16.8 Å². The van der Waals surface area contributed by atoms with E-state index in [1.165, 1.54) is 15.8 Å². The number of ether oxygens (including phenoxy) is 1. The topological polar surface area (TPSA) is 43.6 Å². The Balaban J connectivity index is 2.62. The summed E-state index contributed by atoms with van der Waals surface area (Å²) >= 11 is 1.58. The van der Waals surface area contributed by atoms with Crippen LogP contribution in [0.25, 0.3) is 10.2 Å². The van der Waals surface area contributed by atoms with Gasteiger partial charge in [-0.05, 0) is 38.0 Å². The Kier molecular flexibility index (Phi) is 5.42. The van der Waals surface area contributed by atoms with Gasteiger partial charge in [0.25, 0.3) is 5.91 Å². The Morgan fingerprint density at radius 2 is 2.00 bits per heavy atom. The van der Waals surface area contributed by atoms with Gasteiger partial charge in [-0.25, -0.2) is 0 Å². The Hall–Kier alpha value is -1.46. The van der Waals surface area contributed by atoms with Crippen LogP contribution in [0.5, 0.6) is 0 Å². The molecule has 4 nitrogen and oxygen atoms in total. The predicted octanol–water partition coefficient (Wildman–Crippen LogP) is 3.83. The van der Waals surface area contributed by atoms with E-state index in [2.05, 4.69) is 35.5 Å². The number of aromatic nitrogens is 1. The van der Waals surface area contributed by atoms with Gasteiger partial charge in [-0.2, -0.15) is 4.99 Å². The standard InChI is InChI=1S/C18H26N2O2S/c1-7-22-9-8-20-14-11-12(2)10-13(3)15(14)23-17(20)19-16(21)18(4,5)6/h10-11H,7-9H2,1-6H3. The molecular formula is C18H26N2O2S. The smallest absolute Gasteiger partial charge is 0.253 e. The van der Waals surface area contributed by atoms with E-state index < -0.39 is 5.41 Å². The molecule has 0 N–H and O–H groups in total. The lowest BCUT2D eigenvalue weighted by molar-refractivity contribution is -0.125. The van der Waals surface area contributed by atoms with E-state index in [4.69, 9.17) is 4.74 Å².